The van der Waals surface area contributed by atoms with E-state index >= 15 is 0 Å². The molecule has 5 nitrogen and oxygen atoms in total. The zero-order chi connectivity index (χ0) is 21.7. The Morgan fingerprint density at radius 2 is 1.61 bits per heavy atom. The summed E-state index contributed by atoms with van der Waals surface area (Å²) in [6.07, 6.45) is -0.935. The summed E-state index contributed by atoms with van der Waals surface area (Å²) in [5.74, 6) is -1.43. The minimum Gasteiger partial charge on any atom is -0.273 e. The van der Waals surface area contributed by atoms with E-state index in [0.29, 0.717) is 21.3 Å². The molecule has 2 heterocycles. The van der Waals surface area contributed by atoms with Crippen LogP contribution in [-0.2, 0) is 14.4 Å². The summed E-state index contributed by atoms with van der Waals surface area (Å²) in [4.78, 5) is 34.3. The fourth-order valence-corrected chi connectivity index (χ4v) is 4.69. The molecular formula is C24H18Cl2N2O3. The number of para-hydroxylation sites is 1. The zero-order valence-electron chi connectivity index (χ0n) is 16.5. The SMILES string of the molecule is Cc1c(Cl)cccc1N1C(=O)C2ON(c3ccccc3)C(c3cccc(Cl)c3)C2C1=O. The number of amides is 2. The van der Waals surface area contributed by atoms with E-state index in [1.54, 1.807) is 42.3 Å². The second-order valence-electron chi connectivity index (χ2n) is 7.61. The van der Waals surface area contributed by atoms with Crippen LogP contribution in [0, 0.1) is 12.8 Å². The van der Waals surface area contributed by atoms with Crippen LogP contribution in [-0.4, -0.2) is 17.9 Å². The van der Waals surface area contributed by atoms with Gasteiger partial charge in [0.25, 0.3) is 5.91 Å². The first kappa shape index (κ1) is 20.1. The van der Waals surface area contributed by atoms with E-state index in [4.69, 9.17) is 28.0 Å². The van der Waals surface area contributed by atoms with Crippen molar-refractivity contribution >= 4 is 46.4 Å². The Kier molecular flexibility index (Phi) is 4.97. The average Bonchev–Trinajstić information content (AvgIpc) is 3.27. The van der Waals surface area contributed by atoms with Crippen LogP contribution in [0.15, 0.2) is 72.8 Å². The minimum atomic E-state index is -0.935. The Morgan fingerprint density at radius 1 is 0.871 bits per heavy atom. The molecule has 0 aromatic heterocycles. The lowest BCUT2D eigenvalue weighted by Crippen LogP contribution is -2.37. The van der Waals surface area contributed by atoms with Gasteiger partial charge in [0.2, 0.25) is 5.91 Å². The predicted octanol–water partition coefficient (Wildman–Crippen LogP) is 5.35. The van der Waals surface area contributed by atoms with E-state index in [1.165, 1.54) is 4.90 Å². The van der Waals surface area contributed by atoms with Gasteiger partial charge in [-0.1, -0.05) is 59.6 Å². The number of nitrogens with zero attached hydrogens (tertiary/aromatic N) is 2. The van der Waals surface area contributed by atoms with Gasteiger partial charge in [0.1, 0.15) is 5.92 Å². The molecule has 0 aliphatic carbocycles. The van der Waals surface area contributed by atoms with Crippen LogP contribution in [0.25, 0.3) is 0 Å². The molecule has 2 aliphatic rings. The summed E-state index contributed by atoms with van der Waals surface area (Å²) in [7, 11) is 0. The highest BCUT2D eigenvalue weighted by Crippen LogP contribution is 2.48. The summed E-state index contributed by atoms with van der Waals surface area (Å²) in [6.45, 7) is 1.79. The number of hydroxylamine groups is 1. The average molecular weight is 453 g/mol. The van der Waals surface area contributed by atoms with Gasteiger partial charge in [-0.2, -0.15) is 0 Å². The third-order valence-electron chi connectivity index (χ3n) is 5.80. The van der Waals surface area contributed by atoms with Crippen LogP contribution in [0.5, 0.6) is 0 Å². The molecule has 3 aromatic carbocycles. The molecule has 7 heteroatoms. The summed E-state index contributed by atoms with van der Waals surface area (Å²) >= 11 is 12.5. The van der Waals surface area contributed by atoms with Crippen molar-refractivity contribution in [3.8, 4) is 0 Å². The molecule has 2 saturated heterocycles. The smallest absolute Gasteiger partial charge is 0.266 e. The van der Waals surface area contributed by atoms with Crippen LogP contribution in [0.4, 0.5) is 11.4 Å². The van der Waals surface area contributed by atoms with Crippen molar-refractivity contribution in [1.29, 1.82) is 0 Å². The fraction of sp³-hybridized carbons (Fsp3) is 0.167. The number of halogens is 2. The van der Waals surface area contributed by atoms with Gasteiger partial charge in [0.05, 0.1) is 17.4 Å². The summed E-state index contributed by atoms with van der Waals surface area (Å²) in [5, 5.41) is 2.69. The van der Waals surface area contributed by atoms with E-state index in [1.807, 2.05) is 42.5 Å². The number of benzene rings is 3. The highest BCUT2D eigenvalue weighted by Gasteiger charge is 2.60. The highest BCUT2D eigenvalue weighted by atomic mass is 35.5. The van der Waals surface area contributed by atoms with Crippen molar-refractivity contribution in [3.05, 3.63) is 94.0 Å². The summed E-state index contributed by atoms with van der Waals surface area (Å²) < 4.78 is 0. The van der Waals surface area contributed by atoms with Crippen LogP contribution in [0.1, 0.15) is 17.2 Å². The molecule has 31 heavy (non-hydrogen) atoms. The van der Waals surface area contributed by atoms with Gasteiger partial charge in [-0.15, -0.1) is 0 Å². The molecule has 0 radical (unpaired) electrons. The van der Waals surface area contributed by atoms with Crippen molar-refractivity contribution in [1.82, 2.24) is 0 Å². The van der Waals surface area contributed by atoms with E-state index in [9.17, 15) is 9.59 Å². The largest absolute Gasteiger partial charge is 0.273 e. The number of hydrogen-bond acceptors (Lipinski definition) is 4. The van der Waals surface area contributed by atoms with Crippen LogP contribution in [0.3, 0.4) is 0 Å². The predicted molar refractivity (Wildman–Crippen MR) is 120 cm³/mol. The topological polar surface area (TPSA) is 49.9 Å². The molecule has 156 valence electrons. The Hall–Kier alpha value is -2.86. The Balaban J connectivity index is 1.61. The van der Waals surface area contributed by atoms with Crippen molar-refractivity contribution in [2.75, 3.05) is 9.96 Å². The number of carbonyl (C=O) groups excluding carboxylic acids is 2. The number of carbonyl (C=O) groups is 2. The maximum Gasteiger partial charge on any atom is 0.266 e. The molecule has 0 spiro atoms. The normalized spacial score (nSPS) is 22.9. The van der Waals surface area contributed by atoms with E-state index in [-0.39, 0.29) is 5.91 Å². The molecule has 0 N–H and O–H groups in total. The van der Waals surface area contributed by atoms with Gasteiger partial charge in [-0.3, -0.25) is 14.4 Å². The van der Waals surface area contributed by atoms with Gasteiger partial charge >= 0.3 is 0 Å². The van der Waals surface area contributed by atoms with Crippen molar-refractivity contribution in [2.45, 2.75) is 19.1 Å². The molecule has 0 bridgehead atoms. The number of imide groups is 1. The van der Waals surface area contributed by atoms with Gasteiger partial charge in [-0.25, -0.2) is 9.96 Å². The molecule has 3 unspecified atom stereocenters. The quantitative estimate of drug-likeness (QED) is 0.502. The van der Waals surface area contributed by atoms with E-state index in [0.717, 1.165) is 11.3 Å². The van der Waals surface area contributed by atoms with Crippen molar-refractivity contribution < 1.29 is 14.4 Å². The number of rotatable bonds is 3. The third-order valence-corrected chi connectivity index (χ3v) is 6.44. The maximum absolute atomic E-state index is 13.6. The molecular weight excluding hydrogens is 435 g/mol. The van der Waals surface area contributed by atoms with Gasteiger partial charge in [-0.05, 0) is 54.4 Å². The number of anilines is 2. The molecule has 2 fully saturated rings. The monoisotopic (exact) mass is 452 g/mol. The van der Waals surface area contributed by atoms with Gasteiger partial charge in [0, 0.05) is 10.0 Å². The van der Waals surface area contributed by atoms with Crippen LogP contribution < -0.4 is 9.96 Å². The third kappa shape index (κ3) is 3.21. The minimum absolute atomic E-state index is 0.316. The first-order valence-corrected chi connectivity index (χ1v) is 10.6. The first-order chi connectivity index (χ1) is 15.0. The molecule has 0 saturated carbocycles. The van der Waals surface area contributed by atoms with Crippen molar-refractivity contribution in [3.63, 3.8) is 0 Å². The van der Waals surface area contributed by atoms with Crippen LogP contribution in [0.2, 0.25) is 10.0 Å². The maximum atomic E-state index is 13.6. The zero-order valence-corrected chi connectivity index (χ0v) is 18.0. The Bertz CT molecular complexity index is 1180. The second-order valence-corrected chi connectivity index (χ2v) is 8.45. The van der Waals surface area contributed by atoms with Gasteiger partial charge in [0.15, 0.2) is 6.10 Å². The number of hydrogen-bond donors (Lipinski definition) is 0. The second kappa shape index (κ2) is 7.68. The van der Waals surface area contributed by atoms with Crippen LogP contribution >= 0.6 is 23.2 Å². The molecule has 3 aromatic rings. The molecule has 5 rings (SSSR count). The lowest BCUT2D eigenvalue weighted by molar-refractivity contribution is -0.126. The van der Waals surface area contributed by atoms with Gasteiger partial charge < -0.3 is 0 Å². The van der Waals surface area contributed by atoms with E-state index < -0.39 is 24.0 Å². The summed E-state index contributed by atoms with van der Waals surface area (Å²) in [5.41, 5.74) is 2.71. The first-order valence-electron chi connectivity index (χ1n) is 9.87. The fourth-order valence-electron chi connectivity index (χ4n) is 4.32. The lowest BCUT2D eigenvalue weighted by atomic mass is 9.90. The molecule has 2 amide bonds. The lowest BCUT2D eigenvalue weighted by Gasteiger charge is -2.29. The Labute approximate surface area is 189 Å². The highest BCUT2D eigenvalue weighted by molar-refractivity contribution is 6.32. The summed E-state index contributed by atoms with van der Waals surface area (Å²) in [6, 6.07) is 21.4. The number of fused-ring (bicyclic) bond motifs is 1. The van der Waals surface area contributed by atoms with E-state index in [2.05, 4.69) is 0 Å². The molecule has 3 atom stereocenters. The standard InChI is InChI=1S/C24H18Cl2N2O3/c1-14-18(26)11-6-12-19(14)27-23(29)20-21(15-7-5-8-16(25)13-15)28(31-22(20)24(27)30)17-9-3-2-4-10-17/h2-13,20-22H,1H3. The molecule has 2 aliphatic heterocycles. The van der Waals surface area contributed by atoms with Crippen molar-refractivity contribution in [2.24, 2.45) is 5.92 Å². The Morgan fingerprint density at radius 3 is 2.35 bits per heavy atom.